The highest BCUT2D eigenvalue weighted by atomic mass is 32.1. The molecule has 0 saturated heterocycles. The van der Waals surface area contributed by atoms with Gasteiger partial charge in [-0.2, -0.15) is 4.98 Å². The van der Waals surface area contributed by atoms with Crippen LogP contribution in [0.3, 0.4) is 0 Å². The lowest BCUT2D eigenvalue weighted by molar-refractivity contribution is -0.136. The highest BCUT2D eigenvalue weighted by Crippen LogP contribution is 2.13. The Bertz CT molecular complexity index is 692. The first-order valence-corrected chi connectivity index (χ1v) is 7.54. The van der Waals surface area contributed by atoms with Crippen molar-refractivity contribution in [3.63, 3.8) is 0 Å². The molecule has 0 amide bonds. The lowest BCUT2D eigenvalue weighted by atomic mass is 10.1. The van der Waals surface area contributed by atoms with Crippen molar-refractivity contribution in [3.05, 3.63) is 44.0 Å². The Hall–Kier alpha value is -2.02. The third kappa shape index (κ3) is 3.75. The van der Waals surface area contributed by atoms with E-state index in [1.54, 1.807) is 29.0 Å². The summed E-state index contributed by atoms with van der Waals surface area (Å²) in [4.78, 5) is 31.0. The Morgan fingerprint density at radius 1 is 1.38 bits per heavy atom. The Balaban J connectivity index is 2.25. The summed E-state index contributed by atoms with van der Waals surface area (Å²) in [7, 11) is 0. The van der Waals surface area contributed by atoms with E-state index in [0.29, 0.717) is 25.1 Å². The number of aliphatic carboxylic acids is 1. The topological polar surface area (TPSA) is 85.1 Å². The van der Waals surface area contributed by atoms with Crippen LogP contribution >= 0.6 is 11.3 Å². The third-order valence-electron chi connectivity index (χ3n) is 3.39. The molecule has 0 spiro atoms. The molecule has 0 radical (unpaired) electrons. The van der Waals surface area contributed by atoms with Crippen LogP contribution in [-0.2, 0) is 24.2 Å². The second kappa shape index (κ2) is 6.62. The molecule has 112 valence electrons. The van der Waals surface area contributed by atoms with Gasteiger partial charge in [0.05, 0.1) is 5.01 Å². The number of thiazole rings is 1. The minimum absolute atomic E-state index is 0.0358. The van der Waals surface area contributed by atoms with Crippen LogP contribution in [0.1, 0.15) is 28.4 Å². The van der Waals surface area contributed by atoms with Crippen molar-refractivity contribution >= 4 is 17.3 Å². The van der Waals surface area contributed by atoms with Crippen molar-refractivity contribution in [2.45, 2.75) is 39.7 Å². The van der Waals surface area contributed by atoms with E-state index in [0.717, 1.165) is 16.3 Å². The second-order valence-electron chi connectivity index (χ2n) is 4.76. The Morgan fingerprint density at radius 3 is 2.76 bits per heavy atom. The van der Waals surface area contributed by atoms with Crippen molar-refractivity contribution < 1.29 is 9.90 Å². The van der Waals surface area contributed by atoms with Crippen LogP contribution in [0.4, 0.5) is 0 Å². The minimum atomic E-state index is -0.852. The molecule has 2 heterocycles. The molecule has 0 aliphatic carbocycles. The van der Waals surface area contributed by atoms with Gasteiger partial charge in [-0.25, -0.2) is 9.78 Å². The number of rotatable bonds is 6. The van der Waals surface area contributed by atoms with Crippen LogP contribution in [0.2, 0.25) is 0 Å². The van der Waals surface area contributed by atoms with Crippen LogP contribution < -0.4 is 5.69 Å². The first-order valence-electron chi connectivity index (χ1n) is 6.66. The van der Waals surface area contributed by atoms with Crippen molar-refractivity contribution in [2.24, 2.45) is 0 Å². The maximum atomic E-state index is 12.0. The number of hydrogen-bond acceptors (Lipinski definition) is 5. The maximum Gasteiger partial charge on any atom is 0.347 e. The SMILES string of the molecule is Cc1nc(=O)n(CCc2nccs2)c(C)c1CCC(=O)O. The van der Waals surface area contributed by atoms with Gasteiger partial charge in [-0.15, -0.1) is 11.3 Å². The largest absolute Gasteiger partial charge is 0.481 e. The number of nitrogens with zero attached hydrogens (tertiary/aromatic N) is 3. The first kappa shape index (κ1) is 15.4. The molecule has 21 heavy (non-hydrogen) atoms. The van der Waals surface area contributed by atoms with Crippen molar-refractivity contribution in [2.75, 3.05) is 0 Å². The number of carboxylic acid groups (broad SMARTS) is 1. The molecule has 2 aromatic rings. The highest BCUT2D eigenvalue weighted by molar-refractivity contribution is 7.09. The first-order chi connectivity index (χ1) is 9.99. The van der Waals surface area contributed by atoms with Gasteiger partial charge >= 0.3 is 11.7 Å². The van der Waals surface area contributed by atoms with Crippen LogP contribution in [0.5, 0.6) is 0 Å². The van der Waals surface area contributed by atoms with Crippen LogP contribution in [-0.4, -0.2) is 25.6 Å². The van der Waals surface area contributed by atoms with Gasteiger partial charge in [-0.3, -0.25) is 9.36 Å². The van der Waals surface area contributed by atoms with E-state index in [1.807, 2.05) is 12.3 Å². The van der Waals surface area contributed by atoms with Gasteiger partial charge in [0.25, 0.3) is 0 Å². The van der Waals surface area contributed by atoms with E-state index in [9.17, 15) is 9.59 Å². The fraction of sp³-hybridized carbons (Fsp3) is 0.429. The minimum Gasteiger partial charge on any atom is -0.481 e. The Labute approximate surface area is 126 Å². The standard InChI is InChI=1S/C14H17N3O3S/c1-9-11(3-4-13(18)19)10(2)17(14(20)16-9)7-5-12-15-6-8-21-12/h6,8H,3-5,7H2,1-2H3,(H,18,19). The molecule has 0 unspecified atom stereocenters. The number of aryl methyl sites for hydroxylation is 2. The van der Waals surface area contributed by atoms with Gasteiger partial charge in [-0.1, -0.05) is 0 Å². The van der Waals surface area contributed by atoms with E-state index >= 15 is 0 Å². The maximum absolute atomic E-state index is 12.0. The average molecular weight is 307 g/mol. The van der Waals surface area contributed by atoms with Gasteiger partial charge in [0.2, 0.25) is 0 Å². The number of aromatic nitrogens is 3. The number of carbonyl (C=O) groups is 1. The summed E-state index contributed by atoms with van der Waals surface area (Å²) in [6.45, 7) is 4.09. The molecule has 0 atom stereocenters. The van der Waals surface area contributed by atoms with E-state index in [4.69, 9.17) is 5.11 Å². The van der Waals surface area contributed by atoms with Gasteiger partial charge in [0.15, 0.2) is 0 Å². The summed E-state index contributed by atoms with van der Waals surface area (Å²) in [5.41, 5.74) is 1.96. The molecule has 2 rings (SSSR count). The lowest BCUT2D eigenvalue weighted by Crippen LogP contribution is -2.28. The van der Waals surface area contributed by atoms with E-state index in [1.165, 1.54) is 0 Å². The molecule has 6 nitrogen and oxygen atoms in total. The second-order valence-corrected chi connectivity index (χ2v) is 5.74. The normalized spacial score (nSPS) is 10.8. The molecule has 1 N–H and O–H groups in total. The summed E-state index contributed by atoms with van der Waals surface area (Å²) >= 11 is 1.55. The predicted molar refractivity (Wildman–Crippen MR) is 79.7 cm³/mol. The molecule has 0 saturated carbocycles. The number of carboxylic acids is 1. The molecule has 7 heteroatoms. The average Bonchev–Trinajstić information content (AvgIpc) is 2.90. The molecule has 0 aliphatic rings. The van der Waals surface area contributed by atoms with Crippen molar-refractivity contribution in [3.8, 4) is 0 Å². The lowest BCUT2D eigenvalue weighted by Gasteiger charge is -2.14. The molecule has 0 bridgehead atoms. The van der Waals surface area contributed by atoms with Gasteiger partial charge < -0.3 is 5.11 Å². The van der Waals surface area contributed by atoms with Gasteiger partial charge in [0, 0.05) is 42.4 Å². The molecule has 0 aromatic carbocycles. The fourth-order valence-electron chi connectivity index (χ4n) is 2.28. The van der Waals surface area contributed by atoms with Gasteiger partial charge in [0.1, 0.15) is 0 Å². The molecular formula is C14H17N3O3S. The summed E-state index contributed by atoms with van der Waals surface area (Å²) < 4.78 is 1.60. The summed E-state index contributed by atoms with van der Waals surface area (Å²) in [6.07, 6.45) is 2.83. The smallest absolute Gasteiger partial charge is 0.347 e. The van der Waals surface area contributed by atoms with E-state index in [2.05, 4.69) is 9.97 Å². The molecule has 0 fully saturated rings. The Kier molecular flexibility index (Phi) is 4.85. The van der Waals surface area contributed by atoms with Crippen molar-refractivity contribution in [1.82, 2.24) is 14.5 Å². The van der Waals surface area contributed by atoms with Gasteiger partial charge in [-0.05, 0) is 25.8 Å². The Morgan fingerprint density at radius 2 is 2.14 bits per heavy atom. The zero-order valence-corrected chi connectivity index (χ0v) is 12.8. The summed E-state index contributed by atoms with van der Waals surface area (Å²) in [5, 5.41) is 11.7. The monoisotopic (exact) mass is 307 g/mol. The highest BCUT2D eigenvalue weighted by Gasteiger charge is 2.13. The predicted octanol–water partition coefficient (Wildman–Crippen LogP) is 1.58. The molecule has 2 aromatic heterocycles. The number of hydrogen-bond donors (Lipinski definition) is 1. The zero-order valence-electron chi connectivity index (χ0n) is 12.0. The van der Waals surface area contributed by atoms with E-state index in [-0.39, 0.29) is 12.1 Å². The van der Waals surface area contributed by atoms with Crippen LogP contribution in [0.15, 0.2) is 16.4 Å². The quantitative estimate of drug-likeness (QED) is 0.875. The summed E-state index contributed by atoms with van der Waals surface area (Å²) in [5.74, 6) is -0.852. The molecule has 0 aliphatic heterocycles. The fourth-order valence-corrected chi connectivity index (χ4v) is 2.89. The van der Waals surface area contributed by atoms with E-state index < -0.39 is 5.97 Å². The zero-order chi connectivity index (χ0) is 15.4. The van der Waals surface area contributed by atoms with Crippen LogP contribution in [0, 0.1) is 13.8 Å². The van der Waals surface area contributed by atoms with Crippen LogP contribution in [0.25, 0.3) is 0 Å². The van der Waals surface area contributed by atoms with Crippen molar-refractivity contribution in [1.29, 1.82) is 0 Å². The summed E-state index contributed by atoms with van der Waals surface area (Å²) in [6, 6.07) is 0. The molecular weight excluding hydrogens is 290 g/mol. The third-order valence-corrected chi connectivity index (χ3v) is 4.23.